The van der Waals surface area contributed by atoms with E-state index in [0.29, 0.717) is 24.3 Å². The van der Waals surface area contributed by atoms with E-state index in [1.54, 1.807) is 13.8 Å². The molecule has 1 fully saturated rings. The summed E-state index contributed by atoms with van der Waals surface area (Å²) in [4.78, 5) is 26.3. The number of hydrogen-bond acceptors (Lipinski definition) is 8. The lowest BCUT2D eigenvalue weighted by Crippen LogP contribution is -2.60. The molecule has 3 atom stereocenters. The highest BCUT2D eigenvalue weighted by Gasteiger charge is 2.42. The third-order valence-corrected chi connectivity index (χ3v) is 7.92. The van der Waals surface area contributed by atoms with Crippen molar-refractivity contribution in [2.24, 2.45) is 5.92 Å². The molecule has 0 radical (unpaired) electrons. The second-order valence-corrected chi connectivity index (χ2v) is 11.2. The van der Waals surface area contributed by atoms with Crippen LogP contribution in [-0.4, -0.2) is 59.7 Å². The number of amides is 2. The quantitative estimate of drug-likeness (QED) is 0.336. The highest BCUT2D eigenvalue weighted by atomic mass is 32.2. The van der Waals surface area contributed by atoms with E-state index in [9.17, 15) is 28.3 Å². The van der Waals surface area contributed by atoms with Gasteiger partial charge in [-0.3, -0.25) is 9.59 Å². The van der Waals surface area contributed by atoms with Crippen LogP contribution in [0.4, 0.5) is 0 Å². The summed E-state index contributed by atoms with van der Waals surface area (Å²) in [6, 6.07) is 2.98. The number of carbonyl (C=O) groups is 2. The van der Waals surface area contributed by atoms with Crippen LogP contribution in [0.2, 0.25) is 0 Å². The fourth-order valence-electron chi connectivity index (χ4n) is 4.27. The van der Waals surface area contributed by atoms with Crippen LogP contribution in [0.5, 0.6) is 0 Å². The van der Waals surface area contributed by atoms with Crippen molar-refractivity contribution in [2.75, 3.05) is 6.54 Å². The van der Waals surface area contributed by atoms with Crippen molar-refractivity contribution in [2.45, 2.75) is 76.7 Å². The van der Waals surface area contributed by atoms with Gasteiger partial charge < -0.3 is 25.5 Å². The predicted octanol–water partition coefficient (Wildman–Crippen LogP) is 0.747. The van der Waals surface area contributed by atoms with E-state index < -0.39 is 45.2 Å². The van der Waals surface area contributed by atoms with Crippen molar-refractivity contribution in [3.05, 3.63) is 46.6 Å². The zero-order valence-electron chi connectivity index (χ0n) is 20.8. The molecule has 2 unspecified atom stereocenters. The molecule has 0 bridgehead atoms. The number of nitrogens with zero attached hydrogens (tertiary/aromatic N) is 3. The van der Waals surface area contributed by atoms with Gasteiger partial charge in [0.2, 0.25) is 5.91 Å². The largest absolute Gasteiger partial charge is 0.618 e. The average Bonchev–Trinajstić information content (AvgIpc) is 3.02. The topological polar surface area (TPSA) is 169 Å². The zero-order valence-corrected chi connectivity index (χ0v) is 21.6. The lowest BCUT2D eigenvalue weighted by Gasteiger charge is -2.33. The molecule has 1 aliphatic heterocycles. The summed E-state index contributed by atoms with van der Waals surface area (Å²) in [6.45, 7) is 6.95. The monoisotopic (exact) mass is 523 g/mol. The summed E-state index contributed by atoms with van der Waals surface area (Å²) in [5.74, 6) is -0.889. The molecule has 3 heterocycles. The van der Waals surface area contributed by atoms with Gasteiger partial charge >= 0.3 is 15.0 Å². The van der Waals surface area contributed by atoms with E-state index in [1.165, 1.54) is 18.2 Å². The molecule has 3 N–H and O–H groups in total. The molecular formula is C23H33N5O7S. The van der Waals surface area contributed by atoms with Crippen LogP contribution < -0.4 is 15.4 Å². The second-order valence-electron chi connectivity index (χ2n) is 9.35. The molecule has 3 rings (SSSR count). The summed E-state index contributed by atoms with van der Waals surface area (Å²) < 4.78 is 33.1. The Morgan fingerprint density at radius 1 is 1.31 bits per heavy atom. The lowest BCUT2D eigenvalue weighted by atomic mass is 10.0. The summed E-state index contributed by atoms with van der Waals surface area (Å²) in [7, 11) is -4.36. The maximum atomic E-state index is 13.4. The Balaban J connectivity index is 1.89. The van der Waals surface area contributed by atoms with E-state index in [1.807, 2.05) is 13.8 Å². The molecule has 0 aliphatic carbocycles. The van der Waals surface area contributed by atoms with Gasteiger partial charge in [-0.1, -0.05) is 19.0 Å². The van der Waals surface area contributed by atoms with Gasteiger partial charge in [-0.25, -0.2) is 8.42 Å². The number of rotatable bonds is 8. The van der Waals surface area contributed by atoms with E-state index in [0.717, 1.165) is 10.5 Å². The minimum atomic E-state index is -4.36. The molecule has 1 saturated heterocycles. The highest BCUT2D eigenvalue weighted by Crippen LogP contribution is 2.23. The van der Waals surface area contributed by atoms with Gasteiger partial charge in [-0.05, 0) is 51.5 Å². The maximum absolute atomic E-state index is 13.4. The van der Waals surface area contributed by atoms with Crippen molar-refractivity contribution < 1.29 is 32.4 Å². The normalized spacial score (nSPS) is 20.1. The van der Waals surface area contributed by atoms with Crippen LogP contribution in [0, 0.1) is 25.0 Å². The van der Waals surface area contributed by atoms with Gasteiger partial charge in [0.1, 0.15) is 23.5 Å². The first-order valence-corrected chi connectivity index (χ1v) is 13.3. The number of carbonyl (C=O) groups excluding carboxylic acids is 2. The number of aryl methyl sites for hydroxylation is 2. The Bertz CT molecular complexity index is 1180. The van der Waals surface area contributed by atoms with E-state index in [4.69, 9.17) is 4.52 Å². The molecular weight excluding hydrogens is 490 g/mol. The summed E-state index contributed by atoms with van der Waals surface area (Å²) in [5.41, 5.74) is 0.596. The average molecular weight is 524 g/mol. The molecule has 0 spiro atoms. The molecule has 2 aromatic heterocycles. The van der Waals surface area contributed by atoms with Gasteiger partial charge in [-0.2, -0.15) is 9.04 Å². The van der Waals surface area contributed by atoms with Crippen LogP contribution in [0.15, 0.2) is 33.9 Å². The Hall–Kier alpha value is -3.03. The third-order valence-electron chi connectivity index (χ3n) is 6.04. The minimum absolute atomic E-state index is 0.000477. The standard InChI is InChI=1S/C23H33N5O7S/c1-14(2)13-17(24-23(31)20-15(3)26-35-16(20)4)22(30)25-21-18(29)9-5-8-12-28(21)36(33,34)19-10-6-7-11-27(19)32/h6-7,10-11,14,17-18,21,29H,5,8-9,12-13H2,1-4H3,(H,24,31)(H,25,30)/t17?,18-,21?/m0/s1. The van der Waals surface area contributed by atoms with Crippen LogP contribution >= 0.6 is 0 Å². The smallest absolute Gasteiger partial charge is 0.323 e. The van der Waals surface area contributed by atoms with Gasteiger partial charge in [0.15, 0.2) is 6.20 Å². The summed E-state index contributed by atoms with van der Waals surface area (Å²) in [6.07, 6.45) is 0.0108. The molecule has 1 aliphatic rings. The molecule has 12 nitrogen and oxygen atoms in total. The van der Waals surface area contributed by atoms with Crippen molar-refractivity contribution in [1.82, 2.24) is 20.1 Å². The number of pyridine rings is 1. The van der Waals surface area contributed by atoms with Crippen molar-refractivity contribution >= 4 is 21.8 Å². The van der Waals surface area contributed by atoms with Crippen LogP contribution in [0.1, 0.15) is 61.3 Å². The predicted molar refractivity (Wildman–Crippen MR) is 128 cm³/mol. The Morgan fingerprint density at radius 2 is 2.03 bits per heavy atom. The van der Waals surface area contributed by atoms with Crippen LogP contribution in [-0.2, 0) is 14.8 Å². The maximum Gasteiger partial charge on any atom is 0.323 e. The Morgan fingerprint density at radius 3 is 2.64 bits per heavy atom. The molecule has 2 aromatic rings. The van der Waals surface area contributed by atoms with E-state index in [2.05, 4.69) is 15.8 Å². The molecule has 0 aromatic carbocycles. The van der Waals surface area contributed by atoms with Crippen molar-refractivity contribution in [3.8, 4) is 0 Å². The fourth-order valence-corrected chi connectivity index (χ4v) is 5.91. The molecule has 2 amide bonds. The Kier molecular flexibility index (Phi) is 8.69. The van der Waals surface area contributed by atoms with Gasteiger partial charge in [0, 0.05) is 18.7 Å². The molecule has 36 heavy (non-hydrogen) atoms. The summed E-state index contributed by atoms with van der Waals surface area (Å²) in [5, 5.41) is 31.6. The first-order valence-electron chi connectivity index (χ1n) is 11.9. The number of sulfonamides is 1. The number of nitrogens with one attached hydrogen (secondary N) is 2. The molecule has 0 saturated carbocycles. The first-order chi connectivity index (χ1) is 16.9. The lowest BCUT2D eigenvalue weighted by molar-refractivity contribution is -0.646. The highest BCUT2D eigenvalue weighted by molar-refractivity contribution is 7.89. The van der Waals surface area contributed by atoms with Gasteiger partial charge in [0.25, 0.3) is 5.91 Å². The second kappa shape index (κ2) is 11.4. The van der Waals surface area contributed by atoms with E-state index in [-0.39, 0.29) is 35.6 Å². The third kappa shape index (κ3) is 6.02. The van der Waals surface area contributed by atoms with Crippen molar-refractivity contribution in [1.29, 1.82) is 0 Å². The number of aliphatic hydroxyl groups is 1. The molecule has 198 valence electrons. The molecule has 13 heteroatoms. The zero-order chi connectivity index (χ0) is 26.6. The van der Waals surface area contributed by atoms with Crippen molar-refractivity contribution in [3.63, 3.8) is 0 Å². The summed E-state index contributed by atoms with van der Waals surface area (Å²) >= 11 is 0. The van der Waals surface area contributed by atoms with Crippen LogP contribution in [0.25, 0.3) is 0 Å². The van der Waals surface area contributed by atoms with Crippen LogP contribution in [0.3, 0.4) is 0 Å². The number of hydrogen-bond donors (Lipinski definition) is 3. The van der Waals surface area contributed by atoms with E-state index >= 15 is 0 Å². The SMILES string of the molecule is Cc1noc(C)c1C(=O)NC(CC(C)C)C(=O)NC1[C@@H](O)CCCCN1S(=O)(=O)c1cccc[n+]1[O-]. The fraction of sp³-hybridized carbons (Fsp3) is 0.565. The van der Waals surface area contributed by atoms with Gasteiger partial charge in [-0.15, -0.1) is 0 Å². The Labute approximate surface area is 210 Å². The minimum Gasteiger partial charge on any atom is -0.618 e. The van der Waals surface area contributed by atoms with Gasteiger partial charge in [0.05, 0.1) is 11.8 Å². The number of aliphatic hydroxyl groups excluding tert-OH is 1. The first kappa shape index (κ1) is 27.6. The number of aromatic nitrogens is 2.